The highest BCUT2D eigenvalue weighted by molar-refractivity contribution is 9.10. The number of carbonyl (C=O) groups excluding carboxylic acids is 1. The lowest BCUT2D eigenvalue weighted by Crippen LogP contribution is -2.04. The van der Waals surface area contributed by atoms with Crippen molar-refractivity contribution in [2.75, 3.05) is 0 Å². The van der Waals surface area contributed by atoms with Crippen LogP contribution in [0.1, 0.15) is 21.5 Å². The molecule has 0 saturated carbocycles. The van der Waals surface area contributed by atoms with Crippen LogP contribution < -0.4 is 0 Å². The fourth-order valence-corrected chi connectivity index (χ4v) is 2.01. The lowest BCUT2D eigenvalue weighted by molar-refractivity contribution is 0.103. The molecule has 0 spiro atoms. The molecular weight excluding hydrogens is 302 g/mol. The van der Waals surface area contributed by atoms with Gasteiger partial charge in [-0.15, -0.1) is 0 Å². The Labute approximate surface area is 112 Å². The number of carbonyl (C=O) groups is 1. The third-order valence-corrected chi connectivity index (χ3v) is 3.23. The van der Waals surface area contributed by atoms with Crippen LogP contribution in [0.2, 0.25) is 0 Å². The van der Waals surface area contributed by atoms with Gasteiger partial charge >= 0.3 is 0 Å². The highest BCUT2D eigenvalue weighted by atomic mass is 79.9. The molecule has 18 heavy (non-hydrogen) atoms. The van der Waals surface area contributed by atoms with Crippen molar-refractivity contribution in [3.05, 3.63) is 69.2 Å². The highest BCUT2D eigenvalue weighted by Gasteiger charge is 2.14. The molecule has 0 bridgehead atoms. The van der Waals surface area contributed by atoms with E-state index in [9.17, 15) is 13.6 Å². The van der Waals surface area contributed by atoms with Crippen molar-refractivity contribution in [2.45, 2.75) is 6.92 Å². The third kappa shape index (κ3) is 2.48. The second kappa shape index (κ2) is 4.98. The minimum Gasteiger partial charge on any atom is -0.289 e. The van der Waals surface area contributed by atoms with E-state index in [1.165, 1.54) is 30.3 Å². The molecule has 2 aromatic carbocycles. The molecule has 0 heterocycles. The van der Waals surface area contributed by atoms with Crippen LogP contribution in [0.5, 0.6) is 0 Å². The van der Waals surface area contributed by atoms with Crippen molar-refractivity contribution in [1.29, 1.82) is 0 Å². The van der Waals surface area contributed by atoms with Crippen LogP contribution in [0.3, 0.4) is 0 Å². The van der Waals surface area contributed by atoms with Gasteiger partial charge in [0.15, 0.2) is 5.78 Å². The van der Waals surface area contributed by atoms with Crippen molar-refractivity contribution >= 4 is 21.7 Å². The van der Waals surface area contributed by atoms with Crippen LogP contribution in [0, 0.1) is 18.6 Å². The van der Waals surface area contributed by atoms with Crippen molar-refractivity contribution in [1.82, 2.24) is 0 Å². The summed E-state index contributed by atoms with van der Waals surface area (Å²) in [4.78, 5) is 12.2. The fraction of sp³-hybridized carbons (Fsp3) is 0.0714. The summed E-state index contributed by atoms with van der Waals surface area (Å²) >= 11 is 3.02. The Balaban J connectivity index is 2.47. The third-order valence-electron chi connectivity index (χ3n) is 2.63. The summed E-state index contributed by atoms with van der Waals surface area (Å²) in [5.41, 5.74) is 1.28. The lowest BCUT2D eigenvalue weighted by Gasteiger charge is -2.06. The quantitative estimate of drug-likeness (QED) is 0.757. The molecule has 0 radical (unpaired) electrons. The van der Waals surface area contributed by atoms with Gasteiger partial charge in [-0.25, -0.2) is 8.78 Å². The number of hydrogen-bond acceptors (Lipinski definition) is 1. The van der Waals surface area contributed by atoms with Gasteiger partial charge in [0, 0.05) is 11.1 Å². The van der Waals surface area contributed by atoms with Crippen molar-refractivity contribution in [3.8, 4) is 0 Å². The lowest BCUT2D eigenvalue weighted by atomic mass is 9.99. The monoisotopic (exact) mass is 310 g/mol. The summed E-state index contributed by atoms with van der Waals surface area (Å²) in [6.07, 6.45) is 0. The molecule has 92 valence electrons. The minimum absolute atomic E-state index is 0.211. The largest absolute Gasteiger partial charge is 0.289 e. The predicted molar refractivity (Wildman–Crippen MR) is 68.7 cm³/mol. The number of aryl methyl sites for hydroxylation is 1. The molecule has 0 saturated heterocycles. The van der Waals surface area contributed by atoms with Gasteiger partial charge in [-0.2, -0.15) is 0 Å². The normalized spacial score (nSPS) is 10.4. The smallest absolute Gasteiger partial charge is 0.193 e. The Kier molecular flexibility index (Phi) is 3.57. The van der Waals surface area contributed by atoms with E-state index in [1.807, 2.05) is 0 Å². The molecule has 4 heteroatoms. The van der Waals surface area contributed by atoms with Crippen molar-refractivity contribution in [2.24, 2.45) is 0 Å². The van der Waals surface area contributed by atoms with E-state index >= 15 is 0 Å². The van der Waals surface area contributed by atoms with Crippen LogP contribution in [-0.2, 0) is 0 Å². The predicted octanol–water partition coefficient (Wildman–Crippen LogP) is 4.27. The van der Waals surface area contributed by atoms with Gasteiger partial charge in [-0.3, -0.25) is 4.79 Å². The van der Waals surface area contributed by atoms with Gasteiger partial charge in [0.2, 0.25) is 0 Å². The first-order chi connectivity index (χ1) is 8.49. The Morgan fingerprint density at radius 2 is 1.83 bits per heavy atom. The van der Waals surface area contributed by atoms with E-state index in [0.717, 1.165) is 0 Å². The van der Waals surface area contributed by atoms with Gasteiger partial charge in [0.1, 0.15) is 11.6 Å². The molecular formula is C14H9BrF2O. The van der Waals surface area contributed by atoms with Gasteiger partial charge in [-0.1, -0.05) is 6.07 Å². The van der Waals surface area contributed by atoms with Crippen molar-refractivity contribution < 1.29 is 13.6 Å². The van der Waals surface area contributed by atoms with Crippen LogP contribution >= 0.6 is 15.9 Å². The molecule has 0 aliphatic heterocycles. The molecule has 0 aromatic heterocycles. The van der Waals surface area contributed by atoms with Gasteiger partial charge < -0.3 is 0 Å². The summed E-state index contributed by atoms with van der Waals surface area (Å²) in [5.74, 6) is -1.24. The average Bonchev–Trinajstić information content (AvgIpc) is 2.35. The Morgan fingerprint density at radius 1 is 1.11 bits per heavy atom. The zero-order valence-corrected chi connectivity index (χ0v) is 11.1. The standard InChI is InChI=1S/C14H9BrF2O/c1-8-2-4-10(16)7-11(8)14(18)9-3-5-13(17)12(15)6-9/h2-7H,1H3. The molecule has 0 aliphatic rings. The van der Waals surface area contributed by atoms with Gasteiger partial charge in [-0.05, 0) is 58.7 Å². The van der Waals surface area contributed by atoms with E-state index in [0.29, 0.717) is 11.1 Å². The Hall–Kier alpha value is -1.55. The molecule has 0 amide bonds. The second-order valence-electron chi connectivity index (χ2n) is 3.92. The molecule has 0 N–H and O–H groups in total. The molecule has 1 nitrogen and oxygen atoms in total. The topological polar surface area (TPSA) is 17.1 Å². The van der Waals surface area contributed by atoms with Crippen LogP contribution in [0.25, 0.3) is 0 Å². The summed E-state index contributed by atoms with van der Waals surface area (Å²) in [7, 11) is 0. The van der Waals surface area contributed by atoms with E-state index in [1.54, 1.807) is 13.0 Å². The highest BCUT2D eigenvalue weighted by Crippen LogP contribution is 2.21. The summed E-state index contributed by atoms with van der Waals surface area (Å²) in [6, 6.07) is 8.00. The number of rotatable bonds is 2. The number of ketones is 1. The van der Waals surface area contributed by atoms with E-state index in [2.05, 4.69) is 15.9 Å². The van der Waals surface area contributed by atoms with Crippen LogP contribution in [0.15, 0.2) is 40.9 Å². The summed E-state index contributed by atoms with van der Waals surface area (Å²) in [5, 5.41) is 0. The Bertz CT molecular complexity index is 623. The first kappa shape index (κ1) is 12.9. The van der Waals surface area contributed by atoms with Gasteiger partial charge in [0.05, 0.1) is 4.47 Å². The first-order valence-corrected chi connectivity index (χ1v) is 6.04. The summed E-state index contributed by atoms with van der Waals surface area (Å²) in [6.45, 7) is 1.73. The summed E-state index contributed by atoms with van der Waals surface area (Å²) < 4.78 is 26.4. The van der Waals surface area contributed by atoms with Gasteiger partial charge in [0.25, 0.3) is 0 Å². The minimum atomic E-state index is -0.467. The van der Waals surface area contributed by atoms with E-state index in [-0.39, 0.29) is 15.8 Å². The van der Waals surface area contributed by atoms with E-state index in [4.69, 9.17) is 0 Å². The fourth-order valence-electron chi connectivity index (χ4n) is 1.63. The molecule has 0 atom stereocenters. The zero-order chi connectivity index (χ0) is 13.3. The average molecular weight is 311 g/mol. The first-order valence-electron chi connectivity index (χ1n) is 5.25. The molecule has 0 aliphatic carbocycles. The Morgan fingerprint density at radius 3 is 2.50 bits per heavy atom. The SMILES string of the molecule is Cc1ccc(F)cc1C(=O)c1ccc(F)c(Br)c1. The zero-order valence-electron chi connectivity index (χ0n) is 9.51. The van der Waals surface area contributed by atoms with Crippen molar-refractivity contribution in [3.63, 3.8) is 0 Å². The molecule has 2 rings (SSSR count). The molecule has 0 fully saturated rings. The second-order valence-corrected chi connectivity index (χ2v) is 4.77. The van der Waals surface area contributed by atoms with Crippen LogP contribution in [-0.4, -0.2) is 5.78 Å². The maximum absolute atomic E-state index is 13.1. The number of halogens is 3. The van der Waals surface area contributed by atoms with E-state index < -0.39 is 11.6 Å². The maximum atomic E-state index is 13.1. The van der Waals surface area contributed by atoms with Crippen LogP contribution in [0.4, 0.5) is 8.78 Å². The number of hydrogen-bond donors (Lipinski definition) is 0. The number of benzene rings is 2. The molecule has 2 aromatic rings. The maximum Gasteiger partial charge on any atom is 0.193 e. The molecule has 0 unspecified atom stereocenters.